The molecule has 0 aromatic heterocycles. The molecule has 1 aromatic rings. The number of aliphatic hydroxyl groups excluding tert-OH is 1. The molecular weight excluding hydrogens is 574 g/mol. The molecule has 1 spiro atoms. The van der Waals surface area contributed by atoms with Crippen LogP contribution in [-0.2, 0) is 14.4 Å². The van der Waals surface area contributed by atoms with E-state index in [-0.39, 0.29) is 35.5 Å². The van der Waals surface area contributed by atoms with Gasteiger partial charge in [-0.25, -0.2) is 0 Å². The minimum Gasteiger partial charge on any atom is -0.494 e. The van der Waals surface area contributed by atoms with Crippen LogP contribution in [0.25, 0.3) is 0 Å². The summed E-state index contributed by atoms with van der Waals surface area (Å²) in [7, 11) is 0. The molecule has 3 fully saturated rings. The van der Waals surface area contributed by atoms with Gasteiger partial charge in [-0.1, -0.05) is 52.2 Å². The lowest BCUT2D eigenvalue weighted by molar-refractivity contribution is -0.146. The molecule has 3 saturated heterocycles. The van der Waals surface area contributed by atoms with Gasteiger partial charge < -0.3 is 24.5 Å². The van der Waals surface area contributed by atoms with E-state index in [2.05, 4.69) is 20.1 Å². The number of hydrogen-bond acceptors (Lipinski definition) is 6. The maximum Gasteiger partial charge on any atom is 0.247 e. The first-order valence-electron chi connectivity index (χ1n) is 16.4. The molecule has 8 nitrogen and oxygen atoms in total. The average molecular weight is 626 g/mol. The minimum atomic E-state index is -0.737. The number of carbonyl (C=O) groups excluding carboxylic acids is 3. The van der Waals surface area contributed by atoms with E-state index in [0.29, 0.717) is 32.7 Å². The summed E-state index contributed by atoms with van der Waals surface area (Å²) in [5.41, 5.74) is 0.719. The highest BCUT2D eigenvalue weighted by Crippen LogP contribution is 2.67. The molecule has 0 radical (unpaired) electrons. The first-order chi connectivity index (χ1) is 21.2. The number of unbranched alkanes of at least 4 members (excludes halogenated alkanes) is 2. The third-order valence-corrected chi connectivity index (χ3v) is 11.8. The number of anilines is 1. The number of carbonyl (C=O) groups is 3. The molecule has 2 bridgehead atoms. The van der Waals surface area contributed by atoms with Crippen LogP contribution in [0.15, 0.2) is 49.6 Å². The Morgan fingerprint density at radius 3 is 2.43 bits per heavy atom. The Bertz CT molecular complexity index is 1190. The summed E-state index contributed by atoms with van der Waals surface area (Å²) >= 11 is 1.67. The molecule has 3 aliphatic heterocycles. The van der Waals surface area contributed by atoms with Crippen LogP contribution in [-0.4, -0.2) is 87.6 Å². The first kappa shape index (κ1) is 34.1. The van der Waals surface area contributed by atoms with Gasteiger partial charge in [0.2, 0.25) is 17.7 Å². The van der Waals surface area contributed by atoms with Crippen molar-refractivity contribution in [3.63, 3.8) is 0 Å². The lowest BCUT2D eigenvalue weighted by atomic mass is 9.70. The van der Waals surface area contributed by atoms with Gasteiger partial charge in [-0.3, -0.25) is 14.4 Å². The fourth-order valence-corrected chi connectivity index (χ4v) is 9.71. The number of nitrogens with zero attached hydrogens (tertiary/aromatic N) is 3. The summed E-state index contributed by atoms with van der Waals surface area (Å²) < 4.78 is 4.89. The molecule has 0 saturated carbocycles. The summed E-state index contributed by atoms with van der Waals surface area (Å²) in [6, 6.07) is 6.19. The molecule has 1 aromatic carbocycles. The van der Waals surface area contributed by atoms with Crippen LogP contribution >= 0.6 is 11.8 Å². The van der Waals surface area contributed by atoms with Crippen molar-refractivity contribution in [3.8, 4) is 5.75 Å². The van der Waals surface area contributed by atoms with Crippen molar-refractivity contribution in [2.75, 3.05) is 37.7 Å². The monoisotopic (exact) mass is 625 g/mol. The van der Waals surface area contributed by atoms with E-state index in [1.807, 2.05) is 49.9 Å². The lowest BCUT2D eigenvalue weighted by Gasteiger charge is -2.41. The van der Waals surface area contributed by atoms with Gasteiger partial charge in [-0.05, 0) is 56.4 Å². The van der Waals surface area contributed by atoms with E-state index >= 15 is 0 Å². The highest BCUT2D eigenvalue weighted by Gasteiger charge is 2.74. The van der Waals surface area contributed by atoms with Gasteiger partial charge in [0.15, 0.2) is 0 Å². The second-order valence-electron chi connectivity index (χ2n) is 12.4. The quantitative estimate of drug-likeness (QED) is 0.187. The van der Waals surface area contributed by atoms with Crippen LogP contribution in [0.4, 0.5) is 5.69 Å². The van der Waals surface area contributed by atoms with Gasteiger partial charge in [0.1, 0.15) is 11.8 Å². The Hall–Kier alpha value is -2.78. The second kappa shape index (κ2) is 15.0. The lowest BCUT2D eigenvalue weighted by Crippen LogP contribution is -2.58. The molecule has 0 aliphatic carbocycles. The first-order valence-corrected chi connectivity index (χ1v) is 17.3. The van der Waals surface area contributed by atoms with Crippen molar-refractivity contribution in [2.24, 2.45) is 17.8 Å². The normalized spacial score (nSPS) is 26.7. The fourth-order valence-electron chi connectivity index (χ4n) is 7.52. The predicted molar refractivity (Wildman–Crippen MR) is 178 cm³/mol. The Morgan fingerprint density at radius 2 is 1.84 bits per heavy atom. The predicted octanol–water partition coefficient (Wildman–Crippen LogP) is 5.31. The molecule has 3 aliphatic rings. The number of amides is 3. The molecule has 1 N–H and O–H groups in total. The molecular formula is C35H51N3O5S. The van der Waals surface area contributed by atoms with Crippen molar-refractivity contribution in [2.45, 2.75) is 88.3 Å². The summed E-state index contributed by atoms with van der Waals surface area (Å²) in [6.07, 6.45) is 8.57. The Labute approximate surface area is 267 Å². The number of likely N-dealkylation sites (tertiary alicyclic amines) is 1. The average Bonchev–Trinajstić information content (AvgIpc) is 3.67. The number of thioether (sulfide) groups is 1. The van der Waals surface area contributed by atoms with Crippen molar-refractivity contribution < 1.29 is 24.2 Å². The molecule has 242 valence electrons. The van der Waals surface area contributed by atoms with Crippen LogP contribution in [0.3, 0.4) is 0 Å². The van der Waals surface area contributed by atoms with Crippen molar-refractivity contribution in [3.05, 3.63) is 49.6 Å². The second-order valence-corrected chi connectivity index (χ2v) is 14.0. The zero-order valence-corrected chi connectivity index (χ0v) is 27.8. The highest BCUT2D eigenvalue weighted by molar-refractivity contribution is 8.02. The Balaban J connectivity index is 1.76. The van der Waals surface area contributed by atoms with Gasteiger partial charge in [0.25, 0.3) is 0 Å². The van der Waals surface area contributed by atoms with Gasteiger partial charge in [-0.15, -0.1) is 24.9 Å². The summed E-state index contributed by atoms with van der Waals surface area (Å²) in [6.45, 7) is 17.5. The number of rotatable bonds is 17. The highest BCUT2D eigenvalue weighted by atomic mass is 32.2. The van der Waals surface area contributed by atoms with Crippen LogP contribution in [0.1, 0.15) is 66.2 Å². The number of aliphatic hydroxyl groups is 1. The van der Waals surface area contributed by atoms with Gasteiger partial charge in [0, 0.05) is 30.6 Å². The van der Waals surface area contributed by atoms with Crippen LogP contribution in [0.2, 0.25) is 0 Å². The molecule has 3 heterocycles. The van der Waals surface area contributed by atoms with E-state index in [1.165, 1.54) is 0 Å². The van der Waals surface area contributed by atoms with E-state index in [4.69, 9.17) is 4.74 Å². The fraction of sp³-hybridized carbons (Fsp3) is 0.629. The zero-order valence-electron chi connectivity index (χ0n) is 27.0. The van der Waals surface area contributed by atoms with Crippen molar-refractivity contribution >= 4 is 35.2 Å². The largest absolute Gasteiger partial charge is 0.494 e. The molecule has 3 amide bonds. The zero-order chi connectivity index (χ0) is 32.0. The smallest absolute Gasteiger partial charge is 0.247 e. The van der Waals surface area contributed by atoms with E-state index in [9.17, 15) is 19.5 Å². The third kappa shape index (κ3) is 6.19. The van der Waals surface area contributed by atoms with E-state index in [0.717, 1.165) is 43.5 Å². The summed E-state index contributed by atoms with van der Waals surface area (Å²) in [4.78, 5) is 49.1. The molecule has 4 rings (SSSR count). The Kier molecular flexibility index (Phi) is 11.6. The van der Waals surface area contributed by atoms with Crippen LogP contribution in [0, 0.1) is 17.8 Å². The van der Waals surface area contributed by atoms with Crippen molar-refractivity contribution in [1.82, 2.24) is 9.80 Å². The Morgan fingerprint density at radius 1 is 1.14 bits per heavy atom. The van der Waals surface area contributed by atoms with E-state index in [1.54, 1.807) is 33.7 Å². The van der Waals surface area contributed by atoms with Gasteiger partial charge in [0.05, 0.1) is 35.8 Å². The number of benzene rings is 1. The molecule has 9 heteroatoms. The SMILES string of the molecule is C=CCN(CCCCC)C(=O)C1N([C@@H](CO)[C@@H](C)CC)C(=O)[C@@H]2[C@@H](C(=O)N(CC=C)c3ccc(OCC)cc3)[C@H]3CCC12S3. The maximum atomic E-state index is 14.7. The van der Waals surface area contributed by atoms with Gasteiger partial charge in [-0.2, -0.15) is 0 Å². The number of hydrogen-bond donors (Lipinski definition) is 1. The van der Waals surface area contributed by atoms with Gasteiger partial charge >= 0.3 is 0 Å². The minimum absolute atomic E-state index is 0.0140. The van der Waals surface area contributed by atoms with Crippen molar-refractivity contribution in [1.29, 1.82) is 0 Å². The van der Waals surface area contributed by atoms with E-state index < -0.39 is 28.7 Å². The summed E-state index contributed by atoms with van der Waals surface area (Å²) in [5, 5.41) is 10.6. The molecule has 7 atom stereocenters. The van der Waals surface area contributed by atoms with Crippen LogP contribution < -0.4 is 9.64 Å². The maximum absolute atomic E-state index is 14.7. The number of ether oxygens (including phenoxy) is 1. The third-order valence-electron chi connectivity index (χ3n) is 9.83. The number of fused-ring (bicyclic) bond motifs is 1. The van der Waals surface area contributed by atoms with Crippen LogP contribution in [0.5, 0.6) is 5.75 Å². The standard InChI is InChI=1S/C35H51N3O5S/c1-7-12-13-22-36(20-8-2)34(42)31-35-19-18-28(44-35)29(30(35)33(41)38(31)27(23-39)24(6)10-4)32(40)37(21-9-3)25-14-16-26(17-15-25)43-11-5/h8-9,14-17,24,27-31,39H,2-3,7,10-13,18-23H2,1,4-6H3/t24-,27-,28+,29-,30-,31?,35?/m0/s1. The molecule has 44 heavy (non-hydrogen) atoms. The molecule has 2 unspecified atom stereocenters. The topological polar surface area (TPSA) is 90.4 Å². The summed E-state index contributed by atoms with van der Waals surface area (Å²) in [5.74, 6) is -0.876.